The summed E-state index contributed by atoms with van der Waals surface area (Å²) in [5.74, 6) is 1.87. The summed E-state index contributed by atoms with van der Waals surface area (Å²) in [5.41, 5.74) is 7.81. The van der Waals surface area contributed by atoms with Crippen molar-refractivity contribution in [3.63, 3.8) is 0 Å². The zero-order valence-corrected chi connectivity index (χ0v) is 28.4. The maximum Gasteiger partial charge on any atom is 0.164 e. The van der Waals surface area contributed by atoms with Gasteiger partial charge in [0, 0.05) is 44.4 Å². The highest BCUT2D eigenvalue weighted by molar-refractivity contribution is 6.17. The molecule has 0 fully saturated rings. The van der Waals surface area contributed by atoms with E-state index >= 15 is 0 Å². The molecule has 0 unspecified atom stereocenters. The van der Waals surface area contributed by atoms with E-state index in [2.05, 4.69) is 109 Å². The molecule has 0 aliphatic rings. The lowest BCUT2D eigenvalue weighted by Crippen LogP contribution is -2.01. The fraction of sp³-hybridized carbons (Fsp3) is 0. The van der Waals surface area contributed by atoms with Gasteiger partial charge in [-0.15, -0.1) is 0 Å². The molecule has 5 heteroatoms. The summed E-state index contributed by atoms with van der Waals surface area (Å²) in [4.78, 5) is 20.2. The fourth-order valence-corrected chi connectivity index (χ4v) is 7.88. The number of pyridine rings is 1. The maximum atomic E-state index is 6.26. The Labute approximate surface area is 303 Å². The van der Waals surface area contributed by atoms with E-state index in [0.717, 1.165) is 87.6 Å². The summed E-state index contributed by atoms with van der Waals surface area (Å²) >= 11 is 0. The van der Waals surface area contributed by atoms with Crippen LogP contribution in [-0.2, 0) is 0 Å². The second-order valence-electron chi connectivity index (χ2n) is 13.4. The van der Waals surface area contributed by atoms with Gasteiger partial charge in [0.05, 0.1) is 5.52 Å². The van der Waals surface area contributed by atoms with Crippen molar-refractivity contribution in [3.8, 4) is 45.3 Å². The number of furan rings is 1. The maximum absolute atomic E-state index is 6.26. The van der Waals surface area contributed by atoms with Crippen LogP contribution in [0.3, 0.4) is 0 Å². The normalized spacial score (nSPS) is 11.8. The molecule has 53 heavy (non-hydrogen) atoms. The highest BCUT2D eigenvalue weighted by atomic mass is 16.3. The van der Waals surface area contributed by atoms with Gasteiger partial charge in [0.15, 0.2) is 17.5 Å². The minimum atomic E-state index is 0.621. The molecule has 3 heterocycles. The smallest absolute Gasteiger partial charge is 0.164 e. The van der Waals surface area contributed by atoms with Gasteiger partial charge in [0.25, 0.3) is 0 Å². The third-order valence-electron chi connectivity index (χ3n) is 10.4. The number of aromatic nitrogens is 4. The molecule has 0 spiro atoms. The molecule has 0 radical (unpaired) electrons. The van der Waals surface area contributed by atoms with Gasteiger partial charge < -0.3 is 4.42 Å². The molecule has 3 aromatic heterocycles. The Hall–Kier alpha value is -7.24. The summed E-state index contributed by atoms with van der Waals surface area (Å²) in [6.07, 6.45) is 1.98. The van der Waals surface area contributed by atoms with Crippen molar-refractivity contribution in [2.45, 2.75) is 0 Å². The lowest BCUT2D eigenvalue weighted by Gasteiger charge is -2.14. The molecule has 8 aromatic carbocycles. The standard InChI is InChI=1S/C48H28N4O/c1-2-11-29(12-3-1)46-50-47(31-22-23-32-30(27-31)21-24-36-37-15-6-8-18-42(37)49-28-41(32)36)52-48(51-46)39-26-25-35(33-13-4-5-14-34(33)39)38-17-10-20-44-45(38)40-16-7-9-19-43(40)53-44/h1-28H. The number of nitrogens with zero attached hydrogens (tertiary/aromatic N) is 4. The Morgan fingerprint density at radius 3 is 1.89 bits per heavy atom. The summed E-state index contributed by atoms with van der Waals surface area (Å²) in [7, 11) is 0. The first-order valence-electron chi connectivity index (χ1n) is 17.7. The minimum absolute atomic E-state index is 0.621. The molecule has 0 bridgehead atoms. The van der Waals surface area contributed by atoms with Crippen molar-refractivity contribution in [3.05, 3.63) is 170 Å². The molecular weight excluding hydrogens is 649 g/mol. The number of hydrogen-bond donors (Lipinski definition) is 0. The van der Waals surface area contributed by atoms with Crippen molar-refractivity contribution < 1.29 is 4.42 Å². The number of fused-ring (bicyclic) bond motifs is 9. The zero-order chi connectivity index (χ0) is 34.9. The Kier molecular flexibility index (Phi) is 6.48. The van der Waals surface area contributed by atoms with Gasteiger partial charge in [0.2, 0.25) is 0 Å². The summed E-state index contributed by atoms with van der Waals surface area (Å²) in [6, 6.07) is 56.6. The summed E-state index contributed by atoms with van der Waals surface area (Å²) in [5, 5.41) is 10.1. The van der Waals surface area contributed by atoms with E-state index in [1.165, 1.54) is 5.39 Å². The van der Waals surface area contributed by atoms with Crippen LogP contribution in [0.1, 0.15) is 0 Å². The van der Waals surface area contributed by atoms with Crippen LogP contribution in [0.25, 0.3) is 110 Å². The Balaban J connectivity index is 1.10. The molecule has 0 saturated carbocycles. The van der Waals surface area contributed by atoms with E-state index in [-0.39, 0.29) is 0 Å². The molecule has 11 aromatic rings. The van der Waals surface area contributed by atoms with Gasteiger partial charge in [-0.2, -0.15) is 0 Å². The second kappa shape index (κ2) is 11.7. The van der Waals surface area contributed by atoms with E-state index in [1.54, 1.807) is 0 Å². The molecule has 0 saturated heterocycles. The van der Waals surface area contributed by atoms with Gasteiger partial charge in [-0.3, -0.25) is 4.98 Å². The topological polar surface area (TPSA) is 64.7 Å². The van der Waals surface area contributed by atoms with Crippen LogP contribution in [0.15, 0.2) is 174 Å². The largest absolute Gasteiger partial charge is 0.456 e. The number of para-hydroxylation sites is 2. The van der Waals surface area contributed by atoms with Crippen LogP contribution in [0.5, 0.6) is 0 Å². The van der Waals surface area contributed by atoms with Crippen molar-refractivity contribution in [2.24, 2.45) is 0 Å². The number of rotatable bonds is 4. The third kappa shape index (κ3) is 4.71. The molecule has 0 amide bonds. The molecule has 0 aliphatic carbocycles. The second-order valence-corrected chi connectivity index (χ2v) is 13.4. The van der Waals surface area contributed by atoms with Gasteiger partial charge in [-0.05, 0) is 68.4 Å². The van der Waals surface area contributed by atoms with Crippen molar-refractivity contribution in [1.82, 2.24) is 19.9 Å². The molecule has 246 valence electrons. The first-order valence-corrected chi connectivity index (χ1v) is 17.7. The van der Waals surface area contributed by atoms with Gasteiger partial charge in [-0.1, -0.05) is 133 Å². The molecular formula is C48H28N4O. The van der Waals surface area contributed by atoms with Crippen LogP contribution >= 0.6 is 0 Å². The van der Waals surface area contributed by atoms with Crippen molar-refractivity contribution in [2.75, 3.05) is 0 Å². The highest BCUT2D eigenvalue weighted by Gasteiger charge is 2.19. The summed E-state index contributed by atoms with van der Waals surface area (Å²) < 4.78 is 6.26. The van der Waals surface area contributed by atoms with E-state index in [4.69, 9.17) is 24.4 Å². The van der Waals surface area contributed by atoms with Crippen LogP contribution < -0.4 is 0 Å². The van der Waals surface area contributed by atoms with Crippen LogP contribution in [0.4, 0.5) is 0 Å². The predicted molar refractivity (Wildman–Crippen MR) is 217 cm³/mol. The molecule has 5 nitrogen and oxygen atoms in total. The molecule has 0 aliphatic heterocycles. The van der Waals surface area contributed by atoms with Crippen LogP contribution in [-0.4, -0.2) is 19.9 Å². The van der Waals surface area contributed by atoms with Gasteiger partial charge >= 0.3 is 0 Å². The number of benzene rings is 8. The SMILES string of the molecule is c1ccc(-c2nc(-c3ccc4c(ccc5c6ccccc6ncc45)c3)nc(-c3ccc(-c4cccc5oc6ccccc6c45)c4ccccc34)n2)cc1. The van der Waals surface area contributed by atoms with Crippen molar-refractivity contribution in [1.29, 1.82) is 0 Å². The average molecular weight is 677 g/mol. The molecule has 11 rings (SSSR count). The monoisotopic (exact) mass is 676 g/mol. The Bertz CT molecular complexity index is 3240. The third-order valence-corrected chi connectivity index (χ3v) is 10.4. The first-order chi connectivity index (χ1) is 26.3. The lowest BCUT2D eigenvalue weighted by molar-refractivity contribution is 0.669. The van der Waals surface area contributed by atoms with E-state index in [9.17, 15) is 0 Å². The van der Waals surface area contributed by atoms with Crippen molar-refractivity contribution >= 4 is 65.2 Å². The van der Waals surface area contributed by atoms with Crippen LogP contribution in [0, 0.1) is 0 Å². The fourth-order valence-electron chi connectivity index (χ4n) is 7.88. The van der Waals surface area contributed by atoms with E-state index in [1.807, 2.05) is 60.8 Å². The Morgan fingerprint density at radius 1 is 0.358 bits per heavy atom. The number of hydrogen-bond acceptors (Lipinski definition) is 5. The minimum Gasteiger partial charge on any atom is -0.456 e. The Morgan fingerprint density at radius 2 is 1.02 bits per heavy atom. The van der Waals surface area contributed by atoms with E-state index in [0.29, 0.717) is 17.5 Å². The van der Waals surface area contributed by atoms with E-state index < -0.39 is 0 Å². The average Bonchev–Trinajstić information content (AvgIpc) is 3.62. The van der Waals surface area contributed by atoms with Gasteiger partial charge in [0.1, 0.15) is 11.2 Å². The zero-order valence-electron chi connectivity index (χ0n) is 28.4. The molecule has 0 N–H and O–H groups in total. The molecule has 0 atom stereocenters. The predicted octanol–water partition coefficient (Wildman–Crippen LogP) is 12.4. The quantitative estimate of drug-likeness (QED) is 0.174. The van der Waals surface area contributed by atoms with Crippen LogP contribution in [0.2, 0.25) is 0 Å². The highest BCUT2D eigenvalue weighted by Crippen LogP contribution is 2.41. The lowest BCUT2D eigenvalue weighted by atomic mass is 9.92. The van der Waals surface area contributed by atoms with Gasteiger partial charge in [-0.25, -0.2) is 15.0 Å². The summed E-state index contributed by atoms with van der Waals surface area (Å²) in [6.45, 7) is 0. The first kappa shape index (κ1) is 29.5.